The molecule has 0 radical (unpaired) electrons. The third-order valence-electron chi connectivity index (χ3n) is 6.78. The first-order chi connectivity index (χ1) is 17.8. The highest BCUT2D eigenvalue weighted by molar-refractivity contribution is 9.10. The lowest BCUT2D eigenvalue weighted by molar-refractivity contribution is -0.152. The summed E-state index contributed by atoms with van der Waals surface area (Å²) in [6.07, 6.45) is 0.364. The maximum atomic E-state index is 14.3. The highest BCUT2D eigenvalue weighted by Crippen LogP contribution is 2.49. The molecule has 0 saturated heterocycles. The van der Waals surface area contributed by atoms with Crippen molar-refractivity contribution in [1.29, 1.82) is 0 Å². The molecule has 4 rings (SSSR count). The number of hydrogen-bond acceptors (Lipinski definition) is 7. The Labute approximate surface area is 225 Å². The van der Waals surface area contributed by atoms with E-state index in [4.69, 9.17) is 14.2 Å². The van der Waals surface area contributed by atoms with Gasteiger partial charge in [-0.05, 0) is 56.5 Å². The van der Waals surface area contributed by atoms with Gasteiger partial charge in [0.25, 0.3) is 0 Å². The topological polar surface area (TPSA) is 90.9 Å². The summed E-state index contributed by atoms with van der Waals surface area (Å²) >= 11 is 3.51. The Balaban J connectivity index is 1.92. The number of rotatable bonds is 7. The molecule has 2 aromatic rings. The molecular weight excluding hydrogens is 538 g/mol. The molecule has 3 atom stereocenters. The number of hydrogen-bond donors (Lipinski definition) is 1. The van der Waals surface area contributed by atoms with Crippen LogP contribution in [0.5, 0.6) is 5.75 Å². The van der Waals surface area contributed by atoms with Gasteiger partial charge in [0.05, 0.1) is 25.9 Å². The molecule has 2 aliphatic rings. The second kappa shape index (κ2) is 11.3. The Bertz CT molecular complexity index is 1300. The van der Waals surface area contributed by atoms with Gasteiger partial charge in [-0.3, -0.25) is 9.59 Å². The number of carbonyl (C=O) groups is 3. The van der Waals surface area contributed by atoms with E-state index in [9.17, 15) is 14.4 Å². The number of allylic oxidation sites excluding steroid dienone is 3. The average Bonchev–Trinajstić information content (AvgIpc) is 2.87. The van der Waals surface area contributed by atoms with Crippen LogP contribution in [0.25, 0.3) is 0 Å². The molecular formula is C29H30BrNO6. The number of halogens is 1. The van der Waals surface area contributed by atoms with Crippen LogP contribution in [0.3, 0.4) is 0 Å². The first-order valence-electron chi connectivity index (χ1n) is 12.3. The zero-order valence-corrected chi connectivity index (χ0v) is 22.9. The summed E-state index contributed by atoms with van der Waals surface area (Å²) in [4.78, 5) is 40.8. The number of esters is 2. The second-order valence-corrected chi connectivity index (χ2v) is 9.83. The van der Waals surface area contributed by atoms with Crippen molar-refractivity contribution in [2.45, 2.75) is 39.0 Å². The molecule has 194 valence electrons. The molecule has 1 aliphatic carbocycles. The third-order valence-corrected chi connectivity index (χ3v) is 7.27. The Morgan fingerprint density at radius 2 is 1.78 bits per heavy atom. The van der Waals surface area contributed by atoms with Crippen LogP contribution in [0, 0.1) is 5.92 Å². The van der Waals surface area contributed by atoms with Gasteiger partial charge in [0, 0.05) is 33.3 Å². The smallest absolute Gasteiger partial charge is 0.336 e. The number of carbonyl (C=O) groups excluding carboxylic acids is 3. The molecule has 37 heavy (non-hydrogen) atoms. The Kier molecular flexibility index (Phi) is 8.17. The fraction of sp³-hybridized carbons (Fsp3) is 0.345. The lowest BCUT2D eigenvalue weighted by Gasteiger charge is -2.39. The first kappa shape index (κ1) is 26.7. The molecule has 0 amide bonds. The number of para-hydroxylation sites is 1. The van der Waals surface area contributed by atoms with Crippen molar-refractivity contribution >= 4 is 33.7 Å². The minimum atomic E-state index is -1.09. The predicted molar refractivity (Wildman–Crippen MR) is 142 cm³/mol. The van der Waals surface area contributed by atoms with Crippen molar-refractivity contribution in [3.63, 3.8) is 0 Å². The van der Waals surface area contributed by atoms with E-state index in [0.717, 1.165) is 15.6 Å². The molecule has 0 aromatic heterocycles. The maximum Gasteiger partial charge on any atom is 0.336 e. The standard InChI is InChI=1S/C29H30BrNO6/c1-5-36-28(33)23-16(3)31-21-15-20(19-12-7-8-13-22(19)35-4)25(29(34)37-6-2)27(32)26(21)24(23)17-10-9-11-18(30)14-17/h7-14,20,24-25,31H,5-6,15H2,1-4H3/t20-,24-,25+/m0/s1. The number of Topliss-reactive ketones (excluding diaryl/α,β-unsaturated/α-hetero) is 1. The number of methoxy groups -OCH3 is 1. The van der Waals surface area contributed by atoms with Gasteiger partial charge in [-0.1, -0.05) is 46.3 Å². The van der Waals surface area contributed by atoms with Crippen LogP contribution in [0.1, 0.15) is 50.2 Å². The van der Waals surface area contributed by atoms with Gasteiger partial charge in [0.15, 0.2) is 5.78 Å². The molecule has 0 bridgehead atoms. The number of dihydropyridines is 1. The lowest BCUT2D eigenvalue weighted by Crippen LogP contribution is -2.43. The van der Waals surface area contributed by atoms with Gasteiger partial charge in [0.1, 0.15) is 11.7 Å². The average molecular weight is 568 g/mol. The van der Waals surface area contributed by atoms with Crippen LogP contribution in [0.4, 0.5) is 0 Å². The predicted octanol–water partition coefficient (Wildman–Crippen LogP) is 5.17. The monoisotopic (exact) mass is 567 g/mol. The fourth-order valence-corrected chi connectivity index (χ4v) is 5.72. The van der Waals surface area contributed by atoms with Crippen molar-refractivity contribution < 1.29 is 28.6 Å². The van der Waals surface area contributed by atoms with Crippen LogP contribution < -0.4 is 10.1 Å². The lowest BCUT2D eigenvalue weighted by atomic mass is 9.67. The summed E-state index contributed by atoms with van der Waals surface area (Å²) in [7, 11) is 1.56. The molecule has 0 fully saturated rings. The van der Waals surface area contributed by atoms with E-state index in [2.05, 4.69) is 21.2 Å². The molecule has 2 aromatic carbocycles. The molecule has 0 unspecified atom stereocenters. The number of ether oxygens (including phenoxy) is 3. The normalized spacial score (nSPS) is 21.2. The zero-order chi connectivity index (χ0) is 26.7. The zero-order valence-electron chi connectivity index (χ0n) is 21.3. The Hall–Kier alpha value is -3.39. The molecule has 1 N–H and O–H groups in total. The fourth-order valence-electron chi connectivity index (χ4n) is 5.30. The van der Waals surface area contributed by atoms with Crippen molar-refractivity contribution in [2.24, 2.45) is 5.92 Å². The third kappa shape index (κ3) is 5.07. The summed E-state index contributed by atoms with van der Waals surface area (Å²) in [5.41, 5.74) is 3.53. The van der Waals surface area contributed by atoms with Crippen LogP contribution in [-0.2, 0) is 23.9 Å². The molecule has 1 heterocycles. The second-order valence-electron chi connectivity index (χ2n) is 8.91. The van der Waals surface area contributed by atoms with Crippen molar-refractivity contribution in [3.8, 4) is 5.75 Å². The highest BCUT2D eigenvalue weighted by atomic mass is 79.9. The summed E-state index contributed by atoms with van der Waals surface area (Å²) in [5, 5.41) is 3.31. The van der Waals surface area contributed by atoms with Crippen LogP contribution in [-0.4, -0.2) is 38.0 Å². The van der Waals surface area contributed by atoms with Crippen molar-refractivity contribution in [2.75, 3.05) is 20.3 Å². The Morgan fingerprint density at radius 3 is 2.46 bits per heavy atom. The van der Waals surface area contributed by atoms with Crippen LogP contribution in [0.15, 0.2) is 75.5 Å². The van der Waals surface area contributed by atoms with Crippen LogP contribution in [0.2, 0.25) is 0 Å². The summed E-state index contributed by atoms with van der Waals surface area (Å²) in [6, 6.07) is 14.9. The van der Waals surface area contributed by atoms with Gasteiger partial charge in [-0.2, -0.15) is 0 Å². The van der Waals surface area contributed by atoms with E-state index in [0.29, 0.717) is 34.7 Å². The van der Waals surface area contributed by atoms with E-state index in [1.165, 1.54) is 0 Å². The molecule has 0 spiro atoms. The highest BCUT2D eigenvalue weighted by Gasteiger charge is 2.49. The Morgan fingerprint density at radius 1 is 1.05 bits per heavy atom. The number of ketones is 1. The molecule has 1 aliphatic heterocycles. The van der Waals surface area contributed by atoms with Crippen molar-refractivity contribution in [1.82, 2.24) is 5.32 Å². The minimum absolute atomic E-state index is 0.146. The van der Waals surface area contributed by atoms with E-state index in [1.807, 2.05) is 48.5 Å². The first-order valence-corrected chi connectivity index (χ1v) is 13.1. The molecule has 0 saturated carbocycles. The summed E-state index contributed by atoms with van der Waals surface area (Å²) < 4.78 is 17.2. The summed E-state index contributed by atoms with van der Waals surface area (Å²) in [5.74, 6) is -3.17. The van der Waals surface area contributed by atoms with Gasteiger partial charge in [-0.15, -0.1) is 0 Å². The van der Waals surface area contributed by atoms with E-state index in [-0.39, 0.29) is 19.0 Å². The van der Waals surface area contributed by atoms with E-state index in [1.54, 1.807) is 27.9 Å². The summed E-state index contributed by atoms with van der Waals surface area (Å²) in [6.45, 7) is 5.60. The van der Waals surface area contributed by atoms with Gasteiger partial charge < -0.3 is 19.5 Å². The van der Waals surface area contributed by atoms with Crippen molar-refractivity contribution in [3.05, 3.63) is 86.7 Å². The van der Waals surface area contributed by atoms with E-state index >= 15 is 0 Å². The maximum absolute atomic E-state index is 14.3. The quantitative estimate of drug-likeness (QED) is 0.364. The van der Waals surface area contributed by atoms with Gasteiger partial charge >= 0.3 is 11.9 Å². The van der Waals surface area contributed by atoms with E-state index < -0.39 is 29.7 Å². The van der Waals surface area contributed by atoms with Gasteiger partial charge in [-0.25, -0.2) is 4.79 Å². The molecule has 8 heteroatoms. The minimum Gasteiger partial charge on any atom is -0.496 e. The SMILES string of the molecule is CCOC(=O)C1=C(C)NC2=C(C(=O)[C@H](C(=O)OCC)[C@H](c3ccccc3OC)C2)[C@H]1c1cccc(Br)c1. The number of benzene rings is 2. The van der Waals surface area contributed by atoms with Gasteiger partial charge in [0.2, 0.25) is 0 Å². The van der Waals surface area contributed by atoms with Crippen LogP contribution >= 0.6 is 15.9 Å². The molecule has 7 nitrogen and oxygen atoms in total. The largest absolute Gasteiger partial charge is 0.496 e. The number of nitrogens with one attached hydrogen (secondary N) is 1.